The average Bonchev–Trinajstić information content (AvgIpc) is 3.27. The molecule has 2 aliphatic rings. The Kier molecular flexibility index (Phi) is 5.54. The molecule has 0 radical (unpaired) electrons. The van der Waals surface area contributed by atoms with Crippen molar-refractivity contribution in [3.63, 3.8) is 0 Å². The fourth-order valence-electron chi connectivity index (χ4n) is 3.21. The summed E-state index contributed by atoms with van der Waals surface area (Å²) in [5.41, 5.74) is 0.409. The van der Waals surface area contributed by atoms with Crippen LogP contribution in [0, 0.1) is 11.3 Å². The van der Waals surface area contributed by atoms with Crippen molar-refractivity contribution >= 4 is 23.3 Å². The predicted molar refractivity (Wildman–Crippen MR) is 91.0 cm³/mol. The summed E-state index contributed by atoms with van der Waals surface area (Å²) in [5.74, 6) is 0.631. The minimum Gasteiger partial charge on any atom is -0.376 e. The first-order valence-corrected chi connectivity index (χ1v) is 8.75. The van der Waals surface area contributed by atoms with Gasteiger partial charge < -0.3 is 14.5 Å². The van der Waals surface area contributed by atoms with Crippen LogP contribution in [0.5, 0.6) is 0 Å². The molecule has 0 bridgehead atoms. The number of halogens is 1. The number of likely N-dealkylation sites (tertiary alicyclic amines) is 1. The molecule has 1 aromatic heterocycles. The number of hydrogen-bond acceptors (Lipinski definition) is 5. The van der Waals surface area contributed by atoms with Gasteiger partial charge in [0.25, 0.3) is 0 Å². The van der Waals surface area contributed by atoms with Gasteiger partial charge in [-0.3, -0.25) is 4.79 Å². The Balaban J connectivity index is 1.78. The molecular weight excluding hydrogens is 328 g/mol. The third-order valence-electron chi connectivity index (χ3n) is 4.48. The molecule has 128 valence electrons. The molecule has 24 heavy (non-hydrogen) atoms. The van der Waals surface area contributed by atoms with E-state index in [1.165, 1.54) is 6.20 Å². The highest BCUT2D eigenvalue weighted by Gasteiger charge is 2.26. The van der Waals surface area contributed by atoms with E-state index in [1.807, 2.05) is 15.9 Å². The fourth-order valence-corrected chi connectivity index (χ4v) is 3.50. The number of anilines is 1. The number of carbonyl (C=O) groups is 1. The molecule has 0 unspecified atom stereocenters. The van der Waals surface area contributed by atoms with Crippen molar-refractivity contribution in [2.24, 2.45) is 0 Å². The number of rotatable bonds is 5. The molecular formula is C17H21ClN4O2. The summed E-state index contributed by atoms with van der Waals surface area (Å²) < 4.78 is 5.71. The largest absolute Gasteiger partial charge is 0.376 e. The van der Waals surface area contributed by atoms with Crippen LogP contribution >= 0.6 is 11.6 Å². The number of pyridine rings is 1. The highest BCUT2D eigenvalue weighted by Crippen LogP contribution is 2.26. The van der Waals surface area contributed by atoms with Crippen molar-refractivity contribution < 1.29 is 9.53 Å². The Labute approximate surface area is 147 Å². The van der Waals surface area contributed by atoms with E-state index < -0.39 is 0 Å². The van der Waals surface area contributed by atoms with Gasteiger partial charge in [0.05, 0.1) is 23.2 Å². The second-order valence-corrected chi connectivity index (χ2v) is 6.65. The Morgan fingerprint density at radius 3 is 2.88 bits per heavy atom. The second kappa shape index (κ2) is 7.82. The van der Waals surface area contributed by atoms with E-state index in [2.05, 4.69) is 4.98 Å². The molecule has 2 saturated heterocycles. The lowest BCUT2D eigenvalue weighted by Crippen LogP contribution is -2.42. The lowest BCUT2D eigenvalue weighted by molar-refractivity contribution is -0.128. The molecule has 7 heteroatoms. The third-order valence-corrected chi connectivity index (χ3v) is 4.76. The van der Waals surface area contributed by atoms with E-state index >= 15 is 0 Å². The minimum atomic E-state index is 0.0879. The predicted octanol–water partition coefficient (Wildman–Crippen LogP) is 2.21. The molecule has 0 saturated carbocycles. The van der Waals surface area contributed by atoms with Crippen LogP contribution in [0.1, 0.15) is 31.2 Å². The van der Waals surface area contributed by atoms with Crippen LogP contribution < -0.4 is 4.90 Å². The Morgan fingerprint density at radius 2 is 2.25 bits per heavy atom. The van der Waals surface area contributed by atoms with Crippen LogP contribution in [0.4, 0.5) is 5.82 Å². The Bertz CT molecular complexity index is 634. The van der Waals surface area contributed by atoms with E-state index in [1.54, 1.807) is 6.07 Å². The van der Waals surface area contributed by atoms with Gasteiger partial charge in [-0.15, -0.1) is 0 Å². The third kappa shape index (κ3) is 3.97. The van der Waals surface area contributed by atoms with Crippen LogP contribution in [-0.4, -0.2) is 54.7 Å². The van der Waals surface area contributed by atoms with Gasteiger partial charge in [-0.25, -0.2) is 4.98 Å². The van der Waals surface area contributed by atoms with Crippen molar-refractivity contribution in [2.45, 2.75) is 31.8 Å². The van der Waals surface area contributed by atoms with E-state index in [0.717, 1.165) is 45.4 Å². The zero-order valence-electron chi connectivity index (χ0n) is 13.6. The van der Waals surface area contributed by atoms with Crippen LogP contribution in [-0.2, 0) is 9.53 Å². The number of aromatic nitrogens is 1. The standard InChI is InChI=1S/C17H21ClN4O2/c18-15-8-13(9-19)10-20-17(15)22(11-14-4-3-7-24-14)12-16(23)21-5-1-2-6-21/h8,10,14H,1-7,11-12H2/t14-/m1/s1. The summed E-state index contributed by atoms with van der Waals surface area (Å²) in [7, 11) is 0. The highest BCUT2D eigenvalue weighted by atomic mass is 35.5. The van der Waals surface area contributed by atoms with Gasteiger partial charge in [0.2, 0.25) is 5.91 Å². The molecule has 0 aromatic carbocycles. The first-order valence-electron chi connectivity index (χ1n) is 8.37. The van der Waals surface area contributed by atoms with Crippen LogP contribution in [0.15, 0.2) is 12.3 Å². The summed E-state index contributed by atoms with van der Waals surface area (Å²) in [6.45, 7) is 3.21. The van der Waals surface area contributed by atoms with Crippen LogP contribution in [0.2, 0.25) is 5.02 Å². The average molecular weight is 349 g/mol. The second-order valence-electron chi connectivity index (χ2n) is 6.24. The molecule has 2 aliphatic heterocycles. The number of amides is 1. The van der Waals surface area contributed by atoms with Crippen molar-refractivity contribution in [1.82, 2.24) is 9.88 Å². The summed E-state index contributed by atoms with van der Waals surface area (Å²) in [5, 5.41) is 9.36. The maximum Gasteiger partial charge on any atom is 0.242 e. The number of hydrogen-bond donors (Lipinski definition) is 0. The topological polar surface area (TPSA) is 69.5 Å². The van der Waals surface area contributed by atoms with E-state index in [0.29, 0.717) is 22.9 Å². The number of nitriles is 1. The van der Waals surface area contributed by atoms with Gasteiger partial charge in [0.1, 0.15) is 11.9 Å². The van der Waals surface area contributed by atoms with Gasteiger partial charge in [-0.1, -0.05) is 11.6 Å². The molecule has 1 atom stereocenters. The zero-order valence-corrected chi connectivity index (χ0v) is 14.3. The lowest BCUT2D eigenvalue weighted by atomic mass is 10.2. The lowest BCUT2D eigenvalue weighted by Gasteiger charge is -2.28. The van der Waals surface area contributed by atoms with Gasteiger partial charge in [-0.2, -0.15) is 5.26 Å². The quantitative estimate of drug-likeness (QED) is 0.816. The summed E-state index contributed by atoms with van der Waals surface area (Å²) >= 11 is 6.31. The zero-order chi connectivity index (χ0) is 16.9. The first kappa shape index (κ1) is 17.0. The smallest absolute Gasteiger partial charge is 0.242 e. The van der Waals surface area contributed by atoms with Crippen molar-refractivity contribution in [3.05, 3.63) is 22.8 Å². The molecule has 6 nitrogen and oxygen atoms in total. The van der Waals surface area contributed by atoms with E-state index in [-0.39, 0.29) is 18.6 Å². The number of nitrogens with zero attached hydrogens (tertiary/aromatic N) is 4. The molecule has 3 rings (SSSR count). The fraction of sp³-hybridized carbons (Fsp3) is 0.588. The maximum absolute atomic E-state index is 12.6. The van der Waals surface area contributed by atoms with E-state index in [4.69, 9.17) is 21.6 Å². The number of carbonyl (C=O) groups excluding carboxylic acids is 1. The summed E-state index contributed by atoms with van der Waals surface area (Å²) in [4.78, 5) is 20.7. The van der Waals surface area contributed by atoms with Crippen molar-refractivity contribution in [2.75, 3.05) is 37.7 Å². The summed E-state index contributed by atoms with van der Waals surface area (Å²) in [6, 6.07) is 3.62. The molecule has 3 heterocycles. The van der Waals surface area contributed by atoms with Gasteiger partial charge >= 0.3 is 0 Å². The van der Waals surface area contributed by atoms with Gasteiger partial charge in [-0.05, 0) is 31.7 Å². The molecule has 1 amide bonds. The van der Waals surface area contributed by atoms with E-state index in [9.17, 15) is 4.79 Å². The van der Waals surface area contributed by atoms with Crippen LogP contribution in [0.25, 0.3) is 0 Å². The normalized spacial score (nSPS) is 20.2. The van der Waals surface area contributed by atoms with Gasteiger partial charge in [0.15, 0.2) is 0 Å². The van der Waals surface area contributed by atoms with Crippen molar-refractivity contribution in [3.8, 4) is 6.07 Å². The molecule has 0 aliphatic carbocycles. The Hall–Kier alpha value is -1.84. The molecule has 1 aromatic rings. The highest BCUT2D eigenvalue weighted by molar-refractivity contribution is 6.33. The molecule has 2 fully saturated rings. The Morgan fingerprint density at radius 1 is 1.46 bits per heavy atom. The SMILES string of the molecule is N#Cc1cnc(N(CC(=O)N2CCCC2)C[C@H]2CCCO2)c(Cl)c1. The molecule has 0 N–H and O–H groups in total. The minimum absolute atomic E-state index is 0.0879. The van der Waals surface area contributed by atoms with Gasteiger partial charge in [0, 0.05) is 32.4 Å². The van der Waals surface area contributed by atoms with Crippen LogP contribution in [0.3, 0.4) is 0 Å². The first-order chi connectivity index (χ1) is 11.7. The van der Waals surface area contributed by atoms with Crippen molar-refractivity contribution in [1.29, 1.82) is 5.26 Å². The summed E-state index contributed by atoms with van der Waals surface area (Å²) in [6.07, 6.45) is 5.71. The number of ether oxygens (including phenoxy) is 1. The maximum atomic E-state index is 12.6. The monoisotopic (exact) mass is 348 g/mol. The molecule has 0 spiro atoms.